The first-order valence-electron chi connectivity index (χ1n) is 10.1. The Morgan fingerprint density at radius 1 is 1.19 bits per heavy atom. The molecule has 1 aliphatic heterocycles. The summed E-state index contributed by atoms with van der Waals surface area (Å²) in [5.74, 6) is 2.11. The second kappa shape index (κ2) is 8.51. The minimum absolute atomic E-state index is 0.0880. The van der Waals surface area contributed by atoms with Crippen LogP contribution in [0.3, 0.4) is 0 Å². The number of hydrogen-bond donors (Lipinski definition) is 1. The molecule has 7 nitrogen and oxygen atoms in total. The van der Waals surface area contributed by atoms with E-state index >= 15 is 0 Å². The summed E-state index contributed by atoms with van der Waals surface area (Å²) in [4.78, 5) is 17.6. The predicted octanol–water partition coefficient (Wildman–Crippen LogP) is 4.25. The molecule has 0 radical (unpaired) electrons. The molecule has 1 atom stereocenters. The molecule has 0 saturated heterocycles. The van der Waals surface area contributed by atoms with Crippen molar-refractivity contribution in [3.8, 4) is 11.4 Å². The van der Waals surface area contributed by atoms with Crippen LogP contribution in [-0.4, -0.2) is 33.5 Å². The summed E-state index contributed by atoms with van der Waals surface area (Å²) in [7, 11) is 1.63. The van der Waals surface area contributed by atoms with E-state index in [4.69, 9.17) is 21.3 Å². The van der Waals surface area contributed by atoms with E-state index in [-0.39, 0.29) is 11.8 Å². The van der Waals surface area contributed by atoms with E-state index < -0.39 is 6.17 Å². The van der Waals surface area contributed by atoms with Gasteiger partial charge in [0.2, 0.25) is 5.91 Å². The van der Waals surface area contributed by atoms with E-state index in [1.165, 1.54) is 0 Å². The first-order chi connectivity index (χ1) is 14.9. The van der Waals surface area contributed by atoms with E-state index in [9.17, 15) is 4.79 Å². The van der Waals surface area contributed by atoms with Crippen molar-refractivity contribution in [2.24, 2.45) is 10.9 Å². The van der Waals surface area contributed by atoms with Gasteiger partial charge in [0.15, 0.2) is 12.0 Å². The molecule has 1 N–H and O–H groups in total. The lowest BCUT2D eigenvalue weighted by Gasteiger charge is -2.15. The number of ether oxygens (including phenoxy) is 1. The predicted molar refractivity (Wildman–Crippen MR) is 120 cm³/mol. The lowest BCUT2D eigenvalue weighted by Crippen LogP contribution is -2.30. The van der Waals surface area contributed by atoms with Gasteiger partial charge in [-0.05, 0) is 43.2 Å². The molecule has 0 bridgehead atoms. The van der Waals surface area contributed by atoms with Crippen LogP contribution in [0.5, 0.6) is 5.75 Å². The maximum atomic E-state index is 12.6. The molecule has 0 fully saturated rings. The van der Waals surface area contributed by atoms with Crippen molar-refractivity contribution in [1.82, 2.24) is 20.1 Å². The van der Waals surface area contributed by atoms with E-state index in [1.54, 1.807) is 7.11 Å². The fourth-order valence-electron chi connectivity index (χ4n) is 3.65. The summed E-state index contributed by atoms with van der Waals surface area (Å²) in [6.45, 7) is 5.89. The van der Waals surface area contributed by atoms with E-state index in [1.807, 2.05) is 67.8 Å². The second-order valence-electron chi connectivity index (χ2n) is 7.88. The highest BCUT2D eigenvalue weighted by atomic mass is 35.5. The summed E-state index contributed by atoms with van der Waals surface area (Å²) in [5.41, 5.74) is 3.31. The second-order valence-corrected chi connectivity index (χ2v) is 8.31. The van der Waals surface area contributed by atoms with Gasteiger partial charge in [-0.3, -0.25) is 14.4 Å². The molecule has 1 amide bonds. The number of nitrogens with zero attached hydrogens (tertiary/aromatic N) is 4. The molecule has 3 aromatic rings. The molecular formula is C23H24ClN5O2. The van der Waals surface area contributed by atoms with Gasteiger partial charge in [0.25, 0.3) is 0 Å². The molecule has 2 heterocycles. The maximum Gasteiger partial charge on any atom is 0.222 e. The van der Waals surface area contributed by atoms with Crippen LogP contribution in [-0.2, 0) is 4.79 Å². The Morgan fingerprint density at radius 3 is 2.61 bits per heavy atom. The number of aromatic nitrogens is 3. The fourth-order valence-corrected chi connectivity index (χ4v) is 3.78. The minimum Gasteiger partial charge on any atom is -0.497 e. The Hall–Kier alpha value is -3.19. The number of amides is 1. The number of rotatable bonds is 5. The third-order valence-electron chi connectivity index (χ3n) is 5.06. The number of benzene rings is 2. The molecule has 31 heavy (non-hydrogen) atoms. The van der Waals surface area contributed by atoms with Crippen molar-refractivity contribution in [1.29, 1.82) is 0 Å². The van der Waals surface area contributed by atoms with Crippen molar-refractivity contribution in [2.45, 2.75) is 33.4 Å². The standard InChI is InChI=1S/C23H24ClN5O2/c1-13(2)11-20(30)25-22-23-28-27-14(3)29(23)19-10-9-17(31-4)12-18(19)21(26-22)15-5-7-16(24)8-6-15/h5-10,12-13,22H,11H2,1-4H3,(H,25,30)/t22-/m1/s1. The average molecular weight is 438 g/mol. The first-order valence-corrected chi connectivity index (χ1v) is 10.5. The fraction of sp³-hybridized carbons (Fsp3) is 0.304. The molecule has 0 saturated carbocycles. The molecule has 4 rings (SSSR count). The van der Waals surface area contributed by atoms with Crippen LogP contribution in [0.4, 0.5) is 0 Å². The smallest absolute Gasteiger partial charge is 0.222 e. The Kier molecular flexibility index (Phi) is 5.78. The van der Waals surface area contributed by atoms with Crippen molar-refractivity contribution < 1.29 is 9.53 Å². The number of carbonyl (C=O) groups excluding carboxylic acids is 1. The quantitative estimate of drug-likeness (QED) is 0.647. The largest absolute Gasteiger partial charge is 0.497 e. The van der Waals surface area contributed by atoms with Crippen LogP contribution < -0.4 is 10.1 Å². The van der Waals surface area contributed by atoms with Crippen LogP contribution in [0.2, 0.25) is 5.02 Å². The number of nitrogens with one attached hydrogen (secondary N) is 1. The Bertz CT molecular complexity index is 1150. The number of halogens is 1. The molecule has 0 unspecified atom stereocenters. The summed E-state index contributed by atoms with van der Waals surface area (Å²) < 4.78 is 7.40. The number of fused-ring (bicyclic) bond motifs is 3. The molecule has 0 spiro atoms. The van der Waals surface area contributed by atoms with Gasteiger partial charge in [-0.2, -0.15) is 0 Å². The molecule has 160 valence electrons. The van der Waals surface area contributed by atoms with Crippen molar-refractivity contribution >= 4 is 23.2 Å². The van der Waals surface area contributed by atoms with Crippen LogP contribution in [0.15, 0.2) is 47.5 Å². The lowest BCUT2D eigenvalue weighted by molar-refractivity contribution is -0.122. The summed E-state index contributed by atoms with van der Waals surface area (Å²) in [5, 5.41) is 12.3. The highest BCUT2D eigenvalue weighted by Crippen LogP contribution is 2.32. The van der Waals surface area contributed by atoms with E-state index in [0.717, 1.165) is 16.8 Å². The highest BCUT2D eigenvalue weighted by molar-refractivity contribution is 6.30. The Labute approximate surface area is 186 Å². The first kappa shape index (κ1) is 21.1. The number of aryl methyl sites for hydroxylation is 1. The van der Waals surface area contributed by atoms with Crippen molar-refractivity contribution in [2.75, 3.05) is 7.11 Å². The Balaban J connectivity index is 1.93. The van der Waals surface area contributed by atoms with Gasteiger partial charge in [0, 0.05) is 22.6 Å². The number of hydrogen-bond acceptors (Lipinski definition) is 5. The molecule has 2 aromatic carbocycles. The van der Waals surface area contributed by atoms with Gasteiger partial charge in [-0.1, -0.05) is 37.6 Å². The summed E-state index contributed by atoms with van der Waals surface area (Å²) in [6, 6.07) is 13.2. The SMILES string of the molecule is COc1ccc2c(c1)C(c1ccc(Cl)cc1)=N[C@@H](NC(=O)CC(C)C)c1nnc(C)n1-2. The average Bonchev–Trinajstić information content (AvgIpc) is 3.05. The molecule has 1 aliphatic rings. The zero-order valence-electron chi connectivity index (χ0n) is 17.9. The number of carbonyl (C=O) groups is 1. The molecule has 8 heteroatoms. The van der Waals surface area contributed by atoms with Gasteiger partial charge in [-0.25, -0.2) is 0 Å². The third-order valence-corrected chi connectivity index (χ3v) is 5.31. The van der Waals surface area contributed by atoms with Gasteiger partial charge < -0.3 is 10.1 Å². The zero-order valence-corrected chi connectivity index (χ0v) is 18.6. The van der Waals surface area contributed by atoms with Gasteiger partial charge >= 0.3 is 0 Å². The van der Waals surface area contributed by atoms with Gasteiger partial charge in [-0.15, -0.1) is 10.2 Å². The number of methoxy groups -OCH3 is 1. The van der Waals surface area contributed by atoms with Crippen LogP contribution in [0.1, 0.15) is 49.2 Å². The molecule has 0 aliphatic carbocycles. The van der Waals surface area contributed by atoms with E-state index in [2.05, 4.69) is 15.5 Å². The monoisotopic (exact) mass is 437 g/mol. The van der Waals surface area contributed by atoms with Crippen LogP contribution in [0.25, 0.3) is 5.69 Å². The molecular weight excluding hydrogens is 414 g/mol. The molecule has 1 aromatic heterocycles. The summed E-state index contributed by atoms with van der Waals surface area (Å²) in [6.07, 6.45) is -0.285. The van der Waals surface area contributed by atoms with Crippen molar-refractivity contribution in [3.63, 3.8) is 0 Å². The van der Waals surface area contributed by atoms with Crippen LogP contribution >= 0.6 is 11.6 Å². The van der Waals surface area contributed by atoms with E-state index in [0.29, 0.717) is 34.6 Å². The Morgan fingerprint density at radius 2 is 1.94 bits per heavy atom. The zero-order chi connectivity index (χ0) is 22.1. The normalized spacial score (nSPS) is 15.0. The highest BCUT2D eigenvalue weighted by Gasteiger charge is 2.29. The maximum absolute atomic E-state index is 12.6. The topological polar surface area (TPSA) is 81.4 Å². The lowest BCUT2D eigenvalue weighted by atomic mass is 10.00. The van der Waals surface area contributed by atoms with Gasteiger partial charge in [0.1, 0.15) is 11.6 Å². The third kappa shape index (κ3) is 4.18. The van der Waals surface area contributed by atoms with Crippen molar-refractivity contribution in [3.05, 3.63) is 70.3 Å². The number of aliphatic imine (C=N–C) groups is 1. The van der Waals surface area contributed by atoms with Crippen LogP contribution in [0, 0.1) is 12.8 Å². The minimum atomic E-state index is -0.684. The van der Waals surface area contributed by atoms with Gasteiger partial charge in [0.05, 0.1) is 18.5 Å². The summed E-state index contributed by atoms with van der Waals surface area (Å²) >= 11 is 6.11.